The lowest BCUT2D eigenvalue weighted by Crippen LogP contribution is -2.19. The summed E-state index contributed by atoms with van der Waals surface area (Å²) < 4.78 is 15.6. The number of anilines is 2. The Bertz CT molecular complexity index is 860. The summed E-state index contributed by atoms with van der Waals surface area (Å²) in [5, 5.41) is 12.9. The number of benzene rings is 2. The van der Waals surface area contributed by atoms with Gasteiger partial charge in [-0.15, -0.1) is 5.10 Å². The molecule has 2 N–H and O–H groups in total. The molecule has 3 rings (SSSR count). The van der Waals surface area contributed by atoms with E-state index in [0.29, 0.717) is 23.7 Å². The molecule has 1 aromatic heterocycles. The number of hydrogen-bond donors (Lipinski definition) is 2. The molecule has 8 heteroatoms. The second-order valence-electron chi connectivity index (χ2n) is 5.33. The van der Waals surface area contributed by atoms with Crippen molar-refractivity contribution in [1.29, 1.82) is 0 Å². The van der Waals surface area contributed by atoms with Gasteiger partial charge in [-0.1, -0.05) is 17.2 Å². The number of urea groups is 1. The minimum atomic E-state index is -0.477. The fraction of sp³-hybridized carbons (Fsp3) is 0.167. The van der Waals surface area contributed by atoms with Crippen molar-refractivity contribution >= 4 is 17.7 Å². The molecule has 0 bridgehead atoms. The number of carbonyl (C=O) groups is 1. The highest BCUT2D eigenvalue weighted by Gasteiger charge is 2.10. The fourth-order valence-electron chi connectivity index (χ4n) is 2.23. The van der Waals surface area contributed by atoms with Gasteiger partial charge in [0.15, 0.2) is 0 Å². The number of methoxy groups -OCH3 is 2. The Morgan fingerprint density at radius 3 is 2.15 bits per heavy atom. The van der Waals surface area contributed by atoms with Crippen molar-refractivity contribution in [2.75, 3.05) is 24.9 Å². The van der Waals surface area contributed by atoms with Gasteiger partial charge >= 0.3 is 12.0 Å². The SMILES string of the molecule is COc1ccc(Cc2nnc(NC(=O)Nc3ccc(OC)cc3)o2)cc1. The molecule has 0 aliphatic rings. The Hall–Kier alpha value is -3.55. The normalized spacial score (nSPS) is 10.2. The molecule has 8 nitrogen and oxygen atoms in total. The van der Waals surface area contributed by atoms with E-state index >= 15 is 0 Å². The molecule has 0 radical (unpaired) electrons. The van der Waals surface area contributed by atoms with Crippen LogP contribution in [0.1, 0.15) is 11.5 Å². The van der Waals surface area contributed by atoms with Crippen molar-refractivity contribution in [2.45, 2.75) is 6.42 Å². The molecule has 2 aromatic carbocycles. The van der Waals surface area contributed by atoms with Crippen LogP contribution in [0.15, 0.2) is 52.9 Å². The predicted octanol–water partition coefficient (Wildman–Crippen LogP) is 3.32. The van der Waals surface area contributed by atoms with E-state index in [1.54, 1.807) is 38.5 Å². The number of nitrogens with one attached hydrogen (secondary N) is 2. The van der Waals surface area contributed by atoms with Crippen molar-refractivity contribution in [2.24, 2.45) is 0 Å². The van der Waals surface area contributed by atoms with Crippen LogP contribution in [0.4, 0.5) is 16.5 Å². The summed E-state index contributed by atoms with van der Waals surface area (Å²) in [7, 11) is 3.19. The van der Waals surface area contributed by atoms with Crippen LogP contribution in [0, 0.1) is 0 Å². The van der Waals surface area contributed by atoms with Crippen molar-refractivity contribution in [3.8, 4) is 11.5 Å². The molecule has 0 fully saturated rings. The third-order valence-corrected chi connectivity index (χ3v) is 3.55. The van der Waals surface area contributed by atoms with E-state index < -0.39 is 6.03 Å². The minimum absolute atomic E-state index is 0.0273. The monoisotopic (exact) mass is 354 g/mol. The summed E-state index contributed by atoms with van der Waals surface area (Å²) in [5.41, 5.74) is 1.60. The van der Waals surface area contributed by atoms with Crippen molar-refractivity contribution in [3.05, 3.63) is 60.0 Å². The number of rotatable bonds is 6. The number of hydrogen-bond acceptors (Lipinski definition) is 6. The number of amides is 2. The van der Waals surface area contributed by atoms with Crippen molar-refractivity contribution in [3.63, 3.8) is 0 Å². The molecular formula is C18H18N4O4. The van der Waals surface area contributed by atoms with Gasteiger partial charge < -0.3 is 19.2 Å². The first-order valence-corrected chi connectivity index (χ1v) is 7.83. The highest BCUT2D eigenvalue weighted by atomic mass is 16.5. The molecule has 0 saturated heterocycles. The number of carbonyl (C=O) groups excluding carboxylic acids is 1. The lowest BCUT2D eigenvalue weighted by Gasteiger charge is -2.05. The lowest BCUT2D eigenvalue weighted by atomic mass is 10.1. The first kappa shape index (κ1) is 17.3. The zero-order chi connectivity index (χ0) is 18.4. The van der Waals surface area contributed by atoms with Gasteiger partial charge in [-0.2, -0.15) is 0 Å². The Labute approximate surface area is 150 Å². The highest BCUT2D eigenvalue weighted by Crippen LogP contribution is 2.17. The molecule has 0 atom stereocenters. The topological polar surface area (TPSA) is 98.5 Å². The third-order valence-electron chi connectivity index (χ3n) is 3.55. The van der Waals surface area contributed by atoms with Gasteiger partial charge in [0, 0.05) is 5.69 Å². The molecule has 0 aliphatic heterocycles. The molecule has 1 heterocycles. The van der Waals surface area contributed by atoms with E-state index in [1.807, 2.05) is 24.3 Å². The predicted molar refractivity (Wildman–Crippen MR) is 95.7 cm³/mol. The van der Waals surface area contributed by atoms with Gasteiger partial charge in [0.1, 0.15) is 11.5 Å². The van der Waals surface area contributed by atoms with Crippen molar-refractivity contribution in [1.82, 2.24) is 10.2 Å². The number of ether oxygens (including phenoxy) is 2. The second-order valence-corrected chi connectivity index (χ2v) is 5.33. The van der Waals surface area contributed by atoms with Crippen LogP contribution in [-0.2, 0) is 6.42 Å². The van der Waals surface area contributed by atoms with E-state index in [2.05, 4.69) is 20.8 Å². The Balaban J connectivity index is 1.55. The first-order valence-electron chi connectivity index (χ1n) is 7.83. The minimum Gasteiger partial charge on any atom is -0.497 e. The van der Waals surface area contributed by atoms with Crippen LogP contribution >= 0.6 is 0 Å². The molecule has 0 spiro atoms. The maximum Gasteiger partial charge on any atom is 0.327 e. The van der Waals surface area contributed by atoms with Gasteiger partial charge in [0.05, 0.1) is 20.6 Å². The molecule has 134 valence electrons. The summed E-state index contributed by atoms with van der Waals surface area (Å²) in [6.45, 7) is 0. The zero-order valence-electron chi connectivity index (χ0n) is 14.4. The first-order chi connectivity index (χ1) is 12.7. The van der Waals surface area contributed by atoms with Gasteiger partial charge in [0.25, 0.3) is 0 Å². The third kappa shape index (κ3) is 4.50. The van der Waals surface area contributed by atoms with Crippen LogP contribution < -0.4 is 20.1 Å². The zero-order valence-corrected chi connectivity index (χ0v) is 14.4. The van der Waals surface area contributed by atoms with E-state index in [9.17, 15) is 4.79 Å². The largest absolute Gasteiger partial charge is 0.497 e. The molecule has 26 heavy (non-hydrogen) atoms. The number of nitrogens with zero attached hydrogens (tertiary/aromatic N) is 2. The fourth-order valence-corrected chi connectivity index (χ4v) is 2.23. The van der Waals surface area contributed by atoms with Crippen LogP contribution in [-0.4, -0.2) is 30.4 Å². The Kier molecular flexibility index (Phi) is 5.33. The summed E-state index contributed by atoms with van der Waals surface area (Å²) in [6, 6.07) is 14.0. The Morgan fingerprint density at radius 2 is 1.54 bits per heavy atom. The smallest absolute Gasteiger partial charge is 0.327 e. The van der Waals surface area contributed by atoms with E-state index in [0.717, 1.165) is 11.3 Å². The second kappa shape index (κ2) is 8.02. The quantitative estimate of drug-likeness (QED) is 0.704. The molecule has 0 unspecified atom stereocenters. The summed E-state index contributed by atoms with van der Waals surface area (Å²) >= 11 is 0. The Morgan fingerprint density at radius 1 is 0.923 bits per heavy atom. The molecule has 3 aromatic rings. The summed E-state index contributed by atoms with van der Waals surface area (Å²) in [4.78, 5) is 12.0. The standard InChI is InChI=1S/C18H18N4O4/c1-24-14-7-3-12(4-8-14)11-16-21-22-18(26-16)20-17(23)19-13-5-9-15(25-2)10-6-13/h3-10H,11H2,1-2H3,(H2,19,20,22,23). The van der Waals surface area contributed by atoms with Gasteiger partial charge in [-0.05, 0) is 42.0 Å². The van der Waals surface area contributed by atoms with Gasteiger partial charge in [0.2, 0.25) is 5.89 Å². The summed E-state index contributed by atoms with van der Waals surface area (Å²) in [6.07, 6.45) is 0.457. The average Bonchev–Trinajstić information content (AvgIpc) is 3.09. The molecule has 2 amide bonds. The van der Waals surface area contributed by atoms with Crippen LogP contribution in [0.25, 0.3) is 0 Å². The van der Waals surface area contributed by atoms with Crippen LogP contribution in [0.3, 0.4) is 0 Å². The van der Waals surface area contributed by atoms with Gasteiger partial charge in [-0.25, -0.2) is 4.79 Å². The molecular weight excluding hydrogens is 336 g/mol. The van der Waals surface area contributed by atoms with E-state index in [4.69, 9.17) is 13.9 Å². The maximum absolute atomic E-state index is 12.0. The lowest BCUT2D eigenvalue weighted by molar-refractivity contribution is 0.261. The van der Waals surface area contributed by atoms with E-state index in [1.165, 1.54) is 0 Å². The van der Waals surface area contributed by atoms with E-state index in [-0.39, 0.29) is 6.01 Å². The number of aromatic nitrogens is 2. The van der Waals surface area contributed by atoms with Crippen LogP contribution in [0.5, 0.6) is 11.5 Å². The maximum atomic E-state index is 12.0. The van der Waals surface area contributed by atoms with Crippen LogP contribution in [0.2, 0.25) is 0 Å². The van der Waals surface area contributed by atoms with Crippen molar-refractivity contribution < 1.29 is 18.7 Å². The van der Waals surface area contributed by atoms with Gasteiger partial charge in [-0.3, -0.25) is 5.32 Å². The summed E-state index contributed by atoms with van der Waals surface area (Å²) in [5.74, 6) is 1.88. The molecule has 0 aliphatic carbocycles. The highest BCUT2D eigenvalue weighted by molar-refractivity contribution is 5.98. The average molecular weight is 354 g/mol. The molecule has 0 saturated carbocycles.